The minimum absolute atomic E-state index is 0.318. The van der Waals surface area contributed by atoms with Crippen LogP contribution in [0.3, 0.4) is 0 Å². The van der Waals surface area contributed by atoms with Gasteiger partial charge in [0, 0.05) is 16.6 Å². The molecule has 1 aromatic heterocycles. The van der Waals surface area contributed by atoms with Crippen LogP contribution in [0.1, 0.15) is 6.92 Å². The van der Waals surface area contributed by atoms with Crippen molar-refractivity contribution >= 4 is 27.7 Å². The first-order valence-electron chi connectivity index (χ1n) is 6.13. The van der Waals surface area contributed by atoms with E-state index in [9.17, 15) is 4.79 Å². The maximum atomic E-state index is 10.7. The van der Waals surface area contributed by atoms with Crippen LogP contribution in [0.25, 0.3) is 11.3 Å². The lowest BCUT2D eigenvalue weighted by molar-refractivity contribution is -0.140. The van der Waals surface area contributed by atoms with Crippen LogP contribution in [-0.4, -0.2) is 27.8 Å². The quantitative estimate of drug-likeness (QED) is 0.878. The smallest absolute Gasteiger partial charge is 0.308 e. The standard InChI is InChI=1S/C14H14BrN3O2/c1-9(14(19)20)8-16-13-7-6-12(17-18-13)10-4-2-3-5-11(10)15/h2-7,9H,8H2,1H3,(H,16,18)(H,19,20). The van der Waals surface area contributed by atoms with Gasteiger partial charge in [-0.2, -0.15) is 0 Å². The first-order valence-corrected chi connectivity index (χ1v) is 6.92. The van der Waals surface area contributed by atoms with E-state index in [2.05, 4.69) is 31.4 Å². The zero-order chi connectivity index (χ0) is 14.5. The molecule has 104 valence electrons. The molecule has 1 heterocycles. The Balaban J connectivity index is 2.07. The second-order valence-corrected chi connectivity index (χ2v) is 5.26. The molecule has 0 aliphatic heterocycles. The van der Waals surface area contributed by atoms with Gasteiger partial charge >= 0.3 is 5.97 Å². The Morgan fingerprint density at radius 3 is 2.65 bits per heavy atom. The molecular formula is C14H14BrN3O2. The van der Waals surface area contributed by atoms with Crippen molar-refractivity contribution in [1.82, 2.24) is 10.2 Å². The van der Waals surface area contributed by atoms with Gasteiger partial charge in [0.25, 0.3) is 0 Å². The average Bonchev–Trinajstić information content (AvgIpc) is 2.46. The topological polar surface area (TPSA) is 75.1 Å². The largest absolute Gasteiger partial charge is 0.481 e. The summed E-state index contributed by atoms with van der Waals surface area (Å²) in [6, 6.07) is 11.4. The number of carbonyl (C=O) groups is 1. The zero-order valence-corrected chi connectivity index (χ0v) is 12.5. The summed E-state index contributed by atoms with van der Waals surface area (Å²) in [4.78, 5) is 10.7. The highest BCUT2D eigenvalue weighted by atomic mass is 79.9. The fourth-order valence-electron chi connectivity index (χ4n) is 1.58. The van der Waals surface area contributed by atoms with Gasteiger partial charge in [0.05, 0.1) is 11.6 Å². The summed E-state index contributed by atoms with van der Waals surface area (Å²) >= 11 is 3.47. The van der Waals surface area contributed by atoms with Crippen molar-refractivity contribution in [3.8, 4) is 11.3 Å². The lowest BCUT2D eigenvalue weighted by atomic mass is 10.1. The predicted octanol–water partition coefficient (Wildman–Crippen LogP) is 3.04. The number of benzene rings is 1. The predicted molar refractivity (Wildman–Crippen MR) is 80.5 cm³/mol. The number of carboxylic acid groups (broad SMARTS) is 1. The molecule has 0 aliphatic carbocycles. The van der Waals surface area contributed by atoms with Crippen molar-refractivity contribution in [2.24, 2.45) is 5.92 Å². The number of hydrogen-bond donors (Lipinski definition) is 2. The molecule has 0 spiro atoms. The van der Waals surface area contributed by atoms with Gasteiger partial charge in [-0.1, -0.05) is 41.1 Å². The molecule has 0 saturated heterocycles. The van der Waals surface area contributed by atoms with Gasteiger partial charge < -0.3 is 10.4 Å². The molecule has 5 nitrogen and oxygen atoms in total. The van der Waals surface area contributed by atoms with Crippen LogP contribution in [0.15, 0.2) is 40.9 Å². The first kappa shape index (κ1) is 14.5. The third-order valence-electron chi connectivity index (χ3n) is 2.83. The minimum Gasteiger partial charge on any atom is -0.481 e. The Morgan fingerprint density at radius 1 is 1.30 bits per heavy atom. The number of halogens is 1. The average molecular weight is 336 g/mol. The Hall–Kier alpha value is -1.95. The molecule has 6 heteroatoms. The maximum Gasteiger partial charge on any atom is 0.308 e. The van der Waals surface area contributed by atoms with Crippen molar-refractivity contribution in [3.63, 3.8) is 0 Å². The SMILES string of the molecule is CC(CNc1ccc(-c2ccccc2Br)nn1)C(=O)O. The number of anilines is 1. The van der Waals surface area contributed by atoms with E-state index in [1.807, 2.05) is 30.3 Å². The van der Waals surface area contributed by atoms with Crippen LogP contribution in [0.4, 0.5) is 5.82 Å². The van der Waals surface area contributed by atoms with Crippen LogP contribution in [0.5, 0.6) is 0 Å². The molecule has 0 saturated carbocycles. The molecule has 1 unspecified atom stereocenters. The van der Waals surface area contributed by atoms with Gasteiger partial charge in [-0.3, -0.25) is 4.79 Å². The summed E-state index contributed by atoms with van der Waals surface area (Å²) in [7, 11) is 0. The van der Waals surface area contributed by atoms with Crippen LogP contribution in [0, 0.1) is 5.92 Å². The van der Waals surface area contributed by atoms with E-state index >= 15 is 0 Å². The van der Waals surface area contributed by atoms with Gasteiger partial charge in [0.15, 0.2) is 0 Å². The summed E-state index contributed by atoms with van der Waals surface area (Å²) in [5, 5.41) is 20.0. The molecule has 20 heavy (non-hydrogen) atoms. The van der Waals surface area contributed by atoms with Crippen molar-refractivity contribution in [3.05, 3.63) is 40.9 Å². The van der Waals surface area contributed by atoms with E-state index in [0.29, 0.717) is 12.4 Å². The summed E-state index contributed by atoms with van der Waals surface area (Å²) in [5.41, 5.74) is 1.72. The molecule has 2 aromatic rings. The van der Waals surface area contributed by atoms with Gasteiger partial charge in [0.2, 0.25) is 0 Å². The number of nitrogens with zero attached hydrogens (tertiary/aromatic N) is 2. The van der Waals surface area contributed by atoms with Crippen molar-refractivity contribution in [2.45, 2.75) is 6.92 Å². The third-order valence-corrected chi connectivity index (χ3v) is 3.52. The van der Waals surface area contributed by atoms with Crippen molar-refractivity contribution in [1.29, 1.82) is 0 Å². The minimum atomic E-state index is -0.838. The van der Waals surface area contributed by atoms with E-state index in [1.54, 1.807) is 13.0 Å². The number of nitrogens with one attached hydrogen (secondary N) is 1. The van der Waals surface area contributed by atoms with Gasteiger partial charge in [0.1, 0.15) is 5.82 Å². The molecule has 0 fully saturated rings. The lowest BCUT2D eigenvalue weighted by Gasteiger charge is -2.09. The lowest BCUT2D eigenvalue weighted by Crippen LogP contribution is -2.20. The Morgan fingerprint density at radius 2 is 2.05 bits per heavy atom. The molecule has 2 rings (SSSR count). The highest BCUT2D eigenvalue weighted by Crippen LogP contribution is 2.26. The van der Waals surface area contributed by atoms with E-state index in [4.69, 9.17) is 5.11 Å². The summed E-state index contributed by atoms with van der Waals surface area (Å²) in [6.07, 6.45) is 0. The number of aromatic nitrogens is 2. The van der Waals surface area contributed by atoms with Crippen molar-refractivity contribution in [2.75, 3.05) is 11.9 Å². The molecule has 0 aliphatic rings. The van der Waals surface area contributed by atoms with Gasteiger partial charge in [-0.05, 0) is 18.2 Å². The summed E-state index contributed by atoms with van der Waals surface area (Å²) < 4.78 is 0.953. The van der Waals surface area contributed by atoms with E-state index < -0.39 is 11.9 Å². The summed E-state index contributed by atoms with van der Waals surface area (Å²) in [6.45, 7) is 1.95. The molecule has 0 radical (unpaired) electrons. The van der Waals surface area contributed by atoms with Crippen molar-refractivity contribution < 1.29 is 9.90 Å². The van der Waals surface area contributed by atoms with E-state index in [1.165, 1.54) is 0 Å². The van der Waals surface area contributed by atoms with Gasteiger partial charge in [-0.15, -0.1) is 10.2 Å². The molecule has 1 atom stereocenters. The fraction of sp³-hybridized carbons (Fsp3) is 0.214. The highest BCUT2D eigenvalue weighted by Gasteiger charge is 2.10. The normalized spacial score (nSPS) is 11.9. The Kier molecular flexibility index (Phi) is 4.68. The number of aliphatic carboxylic acids is 1. The molecule has 1 aromatic carbocycles. The van der Waals surface area contributed by atoms with E-state index in [-0.39, 0.29) is 0 Å². The monoisotopic (exact) mass is 335 g/mol. The van der Waals surface area contributed by atoms with Crippen LogP contribution in [0.2, 0.25) is 0 Å². The van der Waals surface area contributed by atoms with Gasteiger partial charge in [-0.25, -0.2) is 0 Å². The second kappa shape index (κ2) is 6.47. The first-order chi connectivity index (χ1) is 9.58. The highest BCUT2D eigenvalue weighted by molar-refractivity contribution is 9.10. The molecular weight excluding hydrogens is 322 g/mol. The maximum absolute atomic E-state index is 10.7. The van der Waals surface area contributed by atoms with Crippen LogP contribution >= 0.6 is 15.9 Å². The number of rotatable bonds is 5. The van der Waals surface area contributed by atoms with E-state index in [0.717, 1.165) is 15.7 Å². The van der Waals surface area contributed by atoms with Crippen LogP contribution < -0.4 is 5.32 Å². The third kappa shape index (κ3) is 3.54. The Labute approximate surface area is 125 Å². The second-order valence-electron chi connectivity index (χ2n) is 4.40. The van der Waals surface area contributed by atoms with Crippen LogP contribution in [-0.2, 0) is 4.79 Å². The summed E-state index contributed by atoms with van der Waals surface area (Å²) in [5.74, 6) is -0.746. The fourth-order valence-corrected chi connectivity index (χ4v) is 2.07. The molecule has 2 N–H and O–H groups in total. The number of hydrogen-bond acceptors (Lipinski definition) is 4. The Bertz CT molecular complexity index is 602. The number of carboxylic acids is 1. The molecule has 0 amide bonds. The molecule has 0 bridgehead atoms. The zero-order valence-electron chi connectivity index (χ0n) is 10.9.